The lowest BCUT2D eigenvalue weighted by Crippen LogP contribution is -2.67. The second-order valence-electron chi connectivity index (χ2n) is 19.0. The molecule has 0 saturated carbocycles. The zero-order valence-corrected chi connectivity index (χ0v) is 41.2. The van der Waals surface area contributed by atoms with Gasteiger partial charge >= 0.3 is 5.97 Å². The number of ether oxygens (including phenoxy) is 11. The van der Waals surface area contributed by atoms with Gasteiger partial charge in [0, 0.05) is 16.4 Å². The molecule has 4 fully saturated rings. The van der Waals surface area contributed by atoms with Crippen LogP contribution in [0, 0.1) is 17.8 Å². The first kappa shape index (κ1) is 51.4. The number of carbonyl (C=O) groups is 1. The SMILES string of the molecule is CCC1O[C@H](O[C@@H]2C(OCc3ccccc3)[C@H](O[C@@H]3C(COCc4ccccc4)O[C@@H](OCc4ccccc4)C(N=[N+]=[N-])[C@H]3C)OC3COC(c4ccccc4)O[C@H]32)C(OC(=O)c2ccccc2)C(C)[C@@H]1C. The third kappa shape index (κ3) is 12.4. The highest BCUT2D eigenvalue weighted by atomic mass is 16.8. The van der Waals surface area contributed by atoms with E-state index in [1.54, 1.807) is 24.3 Å². The number of rotatable bonds is 19. The average molecular weight is 984 g/mol. The summed E-state index contributed by atoms with van der Waals surface area (Å²) in [6, 6.07) is 47.1. The molecule has 15 heteroatoms. The summed E-state index contributed by atoms with van der Waals surface area (Å²) >= 11 is 0. The number of esters is 1. The molecular formula is C57H65N3O12. The average Bonchev–Trinajstić information content (AvgIpc) is 3.42. The number of fused-ring (bicyclic) bond motifs is 1. The van der Waals surface area contributed by atoms with Crippen molar-refractivity contribution in [2.75, 3.05) is 13.2 Å². The Bertz CT molecular complexity index is 2470. The fraction of sp³-hybridized carbons (Fsp3) is 0.456. The van der Waals surface area contributed by atoms with Crippen molar-refractivity contribution in [3.63, 3.8) is 0 Å². The third-order valence-corrected chi connectivity index (χ3v) is 14.2. The van der Waals surface area contributed by atoms with Crippen molar-refractivity contribution >= 4 is 5.97 Å². The molecular weight excluding hydrogens is 919 g/mol. The second-order valence-corrected chi connectivity index (χ2v) is 19.0. The van der Waals surface area contributed by atoms with E-state index in [9.17, 15) is 10.3 Å². The maximum absolute atomic E-state index is 13.9. The quantitative estimate of drug-likeness (QED) is 0.0333. The Morgan fingerprint density at radius 2 is 1.15 bits per heavy atom. The lowest BCUT2D eigenvalue weighted by atomic mass is 9.82. The van der Waals surface area contributed by atoms with E-state index in [4.69, 9.17) is 52.1 Å². The molecule has 4 saturated heterocycles. The normalized spacial score (nSPS) is 32.4. The molecule has 380 valence electrons. The Labute approximate surface area is 421 Å². The van der Waals surface area contributed by atoms with Crippen molar-refractivity contribution in [3.05, 3.63) is 190 Å². The van der Waals surface area contributed by atoms with E-state index in [-0.39, 0.29) is 44.4 Å². The first-order valence-corrected chi connectivity index (χ1v) is 25.1. The number of hydrogen-bond acceptors (Lipinski definition) is 13. The van der Waals surface area contributed by atoms with Gasteiger partial charge in [-0.05, 0) is 52.6 Å². The molecule has 4 aliphatic rings. The van der Waals surface area contributed by atoms with Gasteiger partial charge in [-0.25, -0.2) is 4.79 Å². The van der Waals surface area contributed by atoms with Crippen LogP contribution in [0.4, 0.5) is 0 Å². The van der Waals surface area contributed by atoms with Crippen molar-refractivity contribution in [1.82, 2.24) is 0 Å². The molecule has 0 aliphatic carbocycles. The predicted octanol–water partition coefficient (Wildman–Crippen LogP) is 10.3. The second kappa shape index (κ2) is 24.9. The molecule has 0 spiro atoms. The van der Waals surface area contributed by atoms with Crippen LogP contribution in [0.25, 0.3) is 10.4 Å². The number of benzene rings is 5. The molecule has 5 aromatic rings. The summed E-state index contributed by atoms with van der Waals surface area (Å²) in [5.74, 6) is -1.15. The van der Waals surface area contributed by atoms with Crippen molar-refractivity contribution in [2.45, 2.75) is 134 Å². The molecule has 15 nitrogen and oxygen atoms in total. The molecule has 9 rings (SSSR count). The molecule has 4 heterocycles. The maximum Gasteiger partial charge on any atom is 0.338 e. The van der Waals surface area contributed by atoms with Crippen molar-refractivity contribution < 1.29 is 56.9 Å². The van der Waals surface area contributed by atoms with Crippen LogP contribution in [0.15, 0.2) is 157 Å². The smallest absolute Gasteiger partial charge is 0.338 e. The molecule has 16 atom stereocenters. The highest BCUT2D eigenvalue weighted by Gasteiger charge is 2.57. The van der Waals surface area contributed by atoms with Gasteiger partial charge in [-0.1, -0.05) is 172 Å². The van der Waals surface area contributed by atoms with Crippen LogP contribution < -0.4 is 0 Å². The number of nitrogens with zero attached hydrogens (tertiary/aromatic N) is 3. The van der Waals surface area contributed by atoms with Gasteiger partial charge in [0.05, 0.1) is 56.8 Å². The van der Waals surface area contributed by atoms with E-state index < -0.39 is 85.8 Å². The molecule has 4 aliphatic heterocycles. The Kier molecular flexibility index (Phi) is 17.8. The van der Waals surface area contributed by atoms with Crippen LogP contribution in [0.3, 0.4) is 0 Å². The van der Waals surface area contributed by atoms with Crippen molar-refractivity contribution in [3.8, 4) is 0 Å². The number of hydrogen-bond donors (Lipinski definition) is 0. The lowest BCUT2D eigenvalue weighted by Gasteiger charge is -2.52. The fourth-order valence-corrected chi connectivity index (χ4v) is 10.0. The molecule has 0 N–H and O–H groups in total. The highest BCUT2D eigenvalue weighted by Crippen LogP contribution is 2.43. The number of carbonyl (C=O) groups excluding carboxylic acids is 1. The molecule has 0 aromatic heterocycles. The predicted molar refractivity (Wildman–Crippen MR) is 264 cm³/mol. The van der Waals surface area contributed by atoms with Gasteiger partial charge in [0.1, 0.15) is 30.5 Å². The first-order valence-electron chi connectivity index (χ1n) is 25.1. The zero-order chi connectivity index (χ0) is 49.8. The Morgan fingerprint density at radius 1 is 0.597 bits per heavy atom. The van der Waals surface area contributed by atoms with E-state index >= 15 is 0 Å². The Morgan fingerprint density at radius 3 is 1.78 bits per heavy atom. The van der Waals surface area contributed by atoms with Gasteiger partial charge in [0.25, 0.3) is 0 Å². The standard InChI is InChI=1S/C57H65N3O12/c1-5-44-36(2)37(3)49(69-53(61)42-27-17-9-18-28-42)56(66-44)72-51-50-46(35-65-54(71-50)43-29-19-10-20-30-43)68-57(52(51)63-32-40-23-13-7-14-24-40)70-48-38(4)47(59-60-58)55(64-33-41-25-15-8-16-26-41)67-45(48)34-62-31-39-21-11-6-12-22-39/h6-30,36-38,44-52,54-57H,5,31-35H2,1-4H3/t36-,37?,38+,44?,45?,46?,47?,48-,49?,50+,51-,52?,54?,55+,56+,57-/m0/s1. The van der Waals surface area contributed by atoms with Crippen LogP contribution in [-0.2, 0) is 71.9 Å². The van der Waals surface area contributed by atoms with E-state index in [1.165, 1.54) is 0 Å². The van der Waals surface area contributed by atoms with Crippen LogP contribution in [0.1, 0.15) is 73.0 Å². The van der Waals surface area contributed by atoms with Crippen LogP contribution in [-0.4, -0.2) is 92.9 Å². The van der Waals surface area contributed by atoms with E-state index in [0.29, 0.717) is 18.6 Å². The van der Waals surface area contributed by atoms with Gasteiger partial charge < -0.3 is 52.1 Å². The molecule has 0 bridgehead atoms. The monoisotopic (exact) mass is 983 g/mol. The fourth-order valence-electron chi connectivity index (χ4n) is 10.0. The summed E-state index contributed by atoms with van der Waals surface area (Å²) in [5, 5.41) is 4.25. The van der Waals surface area contributed by atoms with E-state index in [1.807, 2.05) is 134 Å². The number of azide groups is 1. The Hall–Kier alpha value is -5.52. The highest BCUT2D eigenvalue weighted by molar-refractivity contribution is 5.89. The van der Waals surface area contributed by atoms with E-state index in [2.05, 4.69) is 30.8 Å². The van der Waals surface area contributed by atoms with E-state index in [0.717, 1.165) is 22.3 Å². The largest absolute Gasteiger partial charge is 0.453 e. The summed E-state index contributed by atoms with van der Waals surface area (Å²) in [6.45, 7) is 9.06. The van der Waals surface area contributed by atoms with Gasteiger partial charge in [0.2, 0.25) is 0 Å². The molecule has 0 amide bonds. The van der Waals surface area contributed by atoms with Crippen molar-refractivity contribution in [2.24, 2.45) is 22.9 Å². The zero-order valence-electron chi connectivity index (χ0n) is 41.2. The molecule has 5 aromatic carbocycles. The summed E-state index contributed by atoms with van der Waals surface area (Å²) < 4.78 is 74.7. The minimum absolute atomic E-state index is 0.0206. The van der Waals surface area contributed by atoms with Gasteiger partial charge in [-0.2, -0.15) is 0 Å². The van der Waals surface area contributed by atoms with Gasteiger partial charge in [0.15, 0.2) is 31.3 Å². The van der Waals surface area contributed by atoms with Crippen LogP contribution in [0.2, 0.25) is 0 Å². The van der Waals surface area contributed by atoms with Gasteiger partial charge in [-0.15, -0.1) is 0 Å². The lowest BCUT2D eigenvalue weighted by molar-refractivity contribution is -0.404. The Balaban J connectivity index is 1.08. The molecule has 72 heavy (non-hydrogen) atoms. The molecule has 8 unspecified atom stereocenters. The molecule has 0 radical (unpaired) electrons. The van der Waals surface area contributed by atoms with Crippen molar-refractivity contribution in [1.29, 1.82) is 0 Å². The van der Waals surface area contributed by atoms with Crippen LogP contribution >= 0.6 is 0 Å². The maximum atomic E-state index is 13.9. The summed E-state index contributed by atoms with van der Waals surface area (Å²) in [6.07, 6.45) is -9.35. The minimum atomic E-state index is -1.16. The summed E-state index contributed by atoms with van der Waals surface area (Å²) in [5.41, 5.74) is 14.0. The van der Waals surface area contributed by atoms with Crippen LogP contribution in [0.5, 0.6) is 0 Å². The summed E-state index contributed by atoms with van der Waals surface area (Å²) in [7, 11) is 0. The summed E-state index contributed by atoms with van der Waals surface area (Å²) in [4.78, 5) is 17.2. The first-order chi connectivity index (χ1) is 35.3. The topological polar surface area (TPSA) is 167 Å². The van der Waals surface area contributed by atoms with Gasteiger partial charge in [-0.3, -0.25) is 0 Å². The minimum Gasteiger partial charge on any atom is -0.453 e. The third-order valence-electron chi connectivity index (χ3n) is 14.2.